The molecule has 124 valence electrons. The van der Waals surface area contributed by atoms with Gasteiger partial charge in [-0.25, -0.2) is 4.39 Å². The van der Waals surface area contributed by atoms with Gasteiger partial charge in [0.25, 0.3) is 5.56 Å². The Kier molecular flexibility index (Phi) is 5.14. The monoisotopic (exact) mass is 328 g/mol. The SMILES string of the molecule is CCCCn1c(O)c(C(=O)c2ccccc2F)c(C)c(C#N)c1=O. The van der Waals surface area contributed by atoms with E-state index < -0.39 is 23.0 Å². The van der Waals surface area contributed by atoms with Crippen molar-refractivity contribution in [2.45, 2.75) is 33.2 Å². The third kappa shape index (κ3) is 2.93. The lowest BCUT2D eigenvalue weighted by molar-refractivity contribution is 0.103. The zero-order chi connectivity index (χ0) is 17.9. The number of nitriles is 1. The van der Waals surface area contributed by atoms with Crippen molar-refractivity contribution in [1.82, 2.24) is 4.57 Å². The first-order valence-corrected chi connectivity index (χ1v) is 7.59. The molecule has 24 heavy (non-hydrogen) atoms. The number of aromatic hydroxyl groups is 1. The molecule has 1 aromatic carbocycles. The topological polar surface area (TPSA) is 83.1 Å². The number of rotatable bonds is 5. The van der Waals surface area contributed by atoms with Crippen LogP contribution in [0.3, 0.4) is 0 Å². The molecule has 0 aliphatic heterocycles. The second kappa shape index (κ2) is 7.09. The number of unbranched alkanes of at least 4 members (excludes halogenated alkanes) is 1. The average molecular weight is 328 g/mol. The zero-order valence-electron chi connectivity index (χ0n) is 13.5. The van der Waals surface area contributed by atoms with Gasteiger partial charge in [-0.2, -0.15) is 5.26 Å². The lowest BCUT2D eigenvalue weighted by Crippen LogP contribution is -2.27. The van der Waals surface area contributed by atoms with Crippen LogP contribution in [0.25, 0.3) is 0 Å². The van der Waals surface area contributed by atoms with Gasteiger partial charge in [0, 0.05) is 6.54 Å². The molecule has 0 unspecified atom stereocenters. The standard InChI is InChI=1S/C18H17FN2O3/c1-3-4-9-21-17(23)13(10-20)11(2)15(18(21)24)16(22)12-7-5-6-8-14(12)19/h5-8,24H,3-4,9H2,1-2H3. The molecule has 0 atom stereocenters. The second-order valence-electron chi connectivity index (χ2n) is 5.43. The van der Waals surface area contributed by atoms with Crippen LogP contribution in [0, 0.1) is 24.1 Å². The number of pyridine rings is 1. The number of benzene rings is 1. The summed E-state index contributed by atoms with van der Waals surface area (Å²) >= 11 is 0. The summed E-state index contributed by atoms with van der Waals surface area (Å²) in [5, 5.41) is 19.7. The minimum absolute atomic E-state index is 0.0565. The van der Waals surface area contributed by atoms with Crippen LogP contribution >= 0.6 is 0 Å². The number of carbonyl (C=O) groups is 1. The van der Waals surface area contributed by atoms with Gasteiger partial charge in [0.2, 0.25) is 11.7 Å². The molecule has 5 nitrogen and oxygen atoms in total. The van der Waals surface area contributed by atoms with Crippen LogP contribution in [-0.4, -0.2) is 15.5 Å². The van der Waals surface area contributed by atoms with E-state index in [1.165, 1.54) is 25.1 Å². The van der Waals surface area contributed by atoms with E-state index in [1.54, 1.807) is 6.07 Å². The number of hydrogen-bond donors (Lipinski definition) is 1. The fraction of sp³-hybridized carbons (Fsp3) is 0.278. The van der Waals surface area contributed by atoms with E-state index >= 15 is 0 Å². The third-order valence-electron chi connectivity index (χ3n) is 3.88. The first kappa shape index (κ1) is 17.4. The van der Waals surface area contributed by atoms with Crippen molar-refractivity contribution >= 4 is 5.78 Å². The molecule has 1 N–H and O–H groups in total. The number of hydrogen-bond acceptors (Lipinski definition) is 4. The zero-order valence-corrected chi connectivity index (χ0v) is 13.5. The average Bonchev–Trinajstić information content (AvgIpc) is 2.55. The Morgan fingerprint density at radius 2 is 2.04 bits per heavy atom. The van der Waals surface area contributed by atoms with Crippen molar-refractivity contribution in [2.24, 2.45) is 0 Å². The highest BCUT2D eigenvalue weighted by Gasteiger charge is 2.26. The molecule has 2 rings (SSSR count). The minimum atomic E-state index is -0.759. The molecule has 0 bridgehead atoms. The first-order valence-electron chi connectivity index (χ1n) is 7.59. The molecule has 0 aliphatic carbocycles. The van der Waals surface area contributed by atoms with E-state index in [4.69, 9.17) is 0 Å². The largest absolute Gasteiger partial charge is 0.494 e. The van der Waals surface area contributed by atoms with Crippen molar-refractivity contribution in [2.75, 3.05) is 0 Å². The number of carbonyl (C=O) groups excluding carboxylic acids is 1. The van der Waals surface area contributed by atoms with Crippen LogP contribution in [0.4, 0.5) is 4.39 Å². The van der Waals surface area contributed by atoms with Crippen LogP contribution < -0.4 is 5.56 Å². The van der Waals surface area contributed by atoms with Gasteiger partial charge in [0.05, 0.1) is 11.1 Å². The van der Waals surface area contributed by atoms with Crippen molar-refractivity contribution in [3.63, 3.8) is 0 Å². The van der Waals surface area contributed by atoms with E-state index in [0.717, 1.165) is 17.1 Å². The molecule has 0 saturated carbocycles. The van der Waals surface area contributed by atoms with Crippen LogP contribution in [0.15, 0.2) is 29.1 Å². The first-order chi connectivity index (χ1) is 11.4. The van der Waals surface area contributed by atoms with Gasteiger partial charge in [0.15, 0.2) is 0 Å². The summed E-state index contributed by atoms with van der Waals surface area (Å²) in [5.41, 5.74) is -1.25. The minimum Gasteiger partial charge on any atom is -0.494 e. The van der Waals surface area contributed by atoms with Crippen molar-refractivity contribution in [3.8, 4) is 11.9 Å². The van der Waals surface area contributed by atoms with E-state index in [1.807, 2.05) is 6.92 Å². The fourth-order valence-corrected chi connectivity index (χ4v) is 2.53. The van der Waals surface area contributed by atoms with E-state index in [-0.39, 0.29) is 28.8 Å². The molecule has 0 radical (unpaired) electrons. The molecule has 0 aliphatic rings. The Bertz CT molecular complexity index is 894. The maximum Gasteiger partial charge on any atom is 0.271 e. The van der Waals surface area contributed by atoms with Crippen LogP contribution in [0.5, 0.6) is 5.88 Å². The highest BCUT2D eigenvalue weighted by atomic mass is 19.1. The maximum absolute atomic E-state index is 13.9. The number of ketones is 1. The number of nitrogens with zero attached hydrogens (tertiary/aromatic N) is 2. The fourth-order valence-electron chi connectivity index (χ4n) is 2.53. The Labute approximate surface area is 138 Å². The predicted octanol–water partition coefficient (Wildman–Crippen LogP) is 2.90. The summed E-state index contributed by atoms with van der Waals surface area (Å²) in [6.07, 6.45) is 1.35. The van der Waals surface area contributed by atoms with Gasteiger partial charge >= 0.3 is 0 Å². The van der Waals surface area contributed by atoms with Crippen molar-refractivity contribution in [3.05, 3.63) is 62.7 Å². The molecule has 0 spiro atoms. The van der Waals surface area contributed by atoms with Crippen molar-refractivity contribution < 1.29 is 14.3 Å². The predicted molar refractivity (Wildman–Crippen MR) is 86.6 cm³/mol. The summed E-state index contributed by atoms with van der Waals surface area (Å²) < 4.78 is 14.9. The third-order valence-corrected chi connectivity index (χ3v) is 3.88. The summed E-state index contributed by atoms with van der Waals surface area (Å²) in [6, 6.07) is 7.16. The normalized spacial score (nSPS) is 10.4. The van der Waals surface area contributed by atoms with Gasteiger partial charge in [-0.3, -0.25) is 14.2 Å². The van der Waals surface area contributed by atoms with Gasteiger partial charge in [0.1, 0.15) is 17.4 Å². The lowest BCUT2D eigenvalue weighted by Gasteiger charge is -2.15. The van der Waals surface area contributed by atoms with Gasteiger partial charge < -0.3 is 5.11 Å². The molecule has 1 heterocycles. The second-order valence-corrected chi connectivity index (χ2v) is 5.43. The molecule has 0 saturated heterocycles. The van der Waals surface area contributed by atoms with Crippen LogP contribution in [0.2, 0.25) is 0 Å². The van der Waals surface area contributed by atoms with Crippen LogP contribution in [0.1, 0.15) is 46.8 Å². The molecule has 2 aromatic rings. The molecular formula is C18H17FN2O3. The summed E-state index contributed by atoms with van der Waals surface area (Å²) in [4.78, 5) is 25.0. The molecule has 0 amide bonds. The van der Waals surface area contributed by atoms with Crippen molar-refractivity contribution in [1.29, 1.82) is 5.26 Å². The number of aromatic nitrogens is 1. The smallest absolute Gasteiger partial charge is 0.271 e. The Morgan fingerprint density at radius 1 is 1.38 bits per heavy atom. The molecule has 0 fully saturated rings. The van der Waals surface area contributed by atoms with Gasteiger partial charge in [-0.15, -0.1) is 0 Å². The van der Waals surface area contributed by atoms with Crippen LogP contribution in [-0.2, 0) is 6.54 Å². The summed E-state index contributed by atoms with van der Waals surface area (Å²) in [6.45, 7) is 3.48. The quantitative estimate of drug-likeness (QED) is 0.856. The Hall–Kier alpha value is -2.94. The van der Waals surface area contributed by atoms with E-state index in [9.17, 15) is 24.3 Å². The number of halogens is 1. The highest BCUT2D eigenvalue weighted by Crippen LogP contribution is 2.26. The van der Waals surface area contributed by atoms with Gasteiger partial charge in [-0.05, 0) is 31.0 Å². The molecule has 1 aromatic heterocycles. The maximum atomic E-state index is 13.9. The lowest BCUT2D eigenvalue weighted by atomic mass is 9.97. The Balaban J connectivity index is 2.74. The Morgan fingerprint density at radius 3 is 2.62 bits per heavy atom. The summed E-state index contributed by atoms with van der Waals surface area (Å²) in [7, 11) is 0. The highest BCUT2D eigenvalue weighted by molar-refractivity contribution is 6.11. The van der Waals surface area contributed by atoms with E-state index in [2.05, 4.69) is 0 Å². The molecule has 6 heteroatoms. The van der Waals surface area contributed by atoms with E-state index in [0.29, 0.717) is 6.42 Å². The summed E-state index contributed by atoms with van der Waals surface area (Å²) in [5.74, 6) is -2.02. The van der Waals surface area contributed by atoms with Gasteiger partial charge in [-0.1, -0.05) is 25.5 Å². The molecular weight excluding hydrogens is 311 g/mol.